The fourth-order valence-electron chi connectivity index (χ4n) is 4.56. The molecule has 2 unspecified atom stereocenters. The van der Waals surface area contributed by atoms with Gasteiger partial charge in [-0.25, -0.2) is 4.52 Å². The lowest BCUT2D eigenvalue weighted by atomic mass is 10.1. The van der Waals surface area contributed by atoms with Gasteiger partial charge in [-0.05, 0) is 37.8 Å². The van der Waals surface area contributed by atoms with Gasteiger partial charge in [0, 0.05) is 50.1 Å². The molecule has 0 radical (unpaired) electrons. The maximum atomic E-state index is 13.2. The number of rotatable bonds is 2. The molecule has 2 atom stereocenters. The van der Waals surface area contributed by atoms with E-state index in [-0.39, 0.29) is 5.91 Å². The molecule has 3 saturated heterocycles. The average Bonchev–Trinajstić information content (AvgIpc) is 3.32. The van der Waals surface area contributed by atoms with Crippen LogP contribution in [0.25, 0.3) is 5.52 Å². The topological polar surface area (TPSA) is 52.9 Å². The van der Waals surface area contributed by atoms with Crippen molar-refractivity contribution in [3.8, 4) is 0 Å². The highest BCUT2D eigenvalue weighted by molar-refractivity contribution is 6.01. The number of anilines is 1. The summed E-state index contributed by atoms with van der Waals surface area (Å²) in [5.74, 6) is 0.151. The second-order valence-corrected chi connectivity index (χ2v) is 7.22. The van der Waals surface area contributed by atoms with Crippen molar-refractivity contribution in [2.24, 2.45) is 0 Å². The smallest absolute Gasteiger partial charge is 0.258 e. The third-order valence-electron chi connectivity index (χ3n) is 5.82. The zero-order chi connectivity index (χ0) is 16.1. The summed E-state index contributed by atoms with van der Waals surface area (Å²) in [5.41, 5.74) is 2.88. The Bertz CT molecular complexity index is 763. The lowest BCUT2D eigenvalue weighted by Crippen LogP contribution is -2.54. The van der Waals surface area contributed by atoms with E-state index in [1.54, 1.807) is 6.20 Å². The number of amides is 1. The zero-order valence-electron chi connectivity index (χ0n) is 13.8. The van der Waals surface area contributed by atoms with E-state index in [1.165, 1.54) is 18.5 Å². The SMILES string of the molecule is O=C(c1cnn2ccc(N3CCCC3)cc12)N1C2CCC1CNC2. The first-order valence-corrected chi connectivity index (χ1v) is 9.07. The summed E-state index contributed by atoms with van der Waals surface area (Å²) in [6.07, 6.45) is 8.45. The van der Waals surface area contributed by atoms with Crippen LogP contribution in [-0.4, -0.2) is 58.7 Å². The minimum Gasteiger partial charge on any atom is -0.371 e. The Morgan fingerprint density at radius 3 is 2.67 bits per heavy atom. The van der Waals surface area contributed by atoms with Crippen LogP contribution in [0.5, 0.6) is 0 Å². The second-order valence-electron chi connectivity index (χ2n) is 7.22. The Morgan fingerprint density at radius 2 is 1.92 bits per heavy atom. The summed E-state index contributed by atoms with van der Waals surface area (Å²) in [6, 6.07) is 4.92. The van der Waals surface area contributed by atoms with Gasteiger partial charge in [0.15, 0.2) is 0 Å². The Labute approximate surface area is 141 Å². The predicted molar refractivity (Wildman–Crippen MR) is 92.5 cm³/mol. The zero-order valence-corrected chi connectivity index (χ0v) is 13.8. The number of piperazine rings is 1. The van der Waals surface area contributed by atoms with Crippen LogP contribution in [-0.2, 0) is 0 Å². The van der Waals surface area contributed by atoms with Gasteiger partial charge in [-0.1, -0.05) is 0 Å². The number of nitrogens with zero attached hydrogens (tertiary/aromatic N) is 4. The molecule has 3 aliphatic heterocycles. The van der Waals surface area contributed by atoms with E-state index >= 15 is 0 Å². The molecular weight excluding hydrogens is 302 g/mol. The molecule has 126 valence electrons. The van der Waals surface area contributed by atoms with E-state index in [0.29, 0.717) is 12.1 Å². The first kappa shape index (κ1) is 14.3. The van der Waals surface area contributed by atoms with Crippen molar-refractivity contribution in [2.45, 2.75) is 37.8 Å². The maximum Gasteiger partial charge on any atom is 0.258 e. The highest BCUT2D eigenvalue weighted by atomic mass is 16.2. The summed E-state index contributed by atoms with van der Waals surface area (Å²) in [5, 5.41) is 7.85. The van der Waals surface area contributed by atoms with Crippen molar-refractivity contribution >= 4 is 17.1 Å². The van der Waals surface area contributed by atoms with Crippen LogP contribution in [0, 0.1) is 0 Å². The molecule has 6 nitrogen and oxygen atoms in total. The molecule has 1 amide bonds. The van der Waals surface area contributed by atoms with Crippen molar-refractivity contribution in [1.29, 1.82) is 0 Å². The van der Waals surface area contributed by atoms with Gasteiger partial charge >= 0.3 is 0 Å². The molecular formula is C18H23N5O. The van der Waals surface area contributed by atoms with Gasteiger partial charge in [0.2, 0.25) is 0 Å². The highest BCUT2D eigenvalue weighted by Crippen LogP contribution is 2.30. The van der Waals surface area contributed by atoms with Crippen molar-refractivity contribution in [3.63, 3.8) is 0 Å². The first-order chi connectivity index (χ1) is 11.8. The van der Waals surface area contributed by atoms with Gasteiger partial charge in [0.25, 0.3) is 5.91 Å². The van der Waals surface area contributed by atoms with Gasteiger partial charge in [-0.2, -0.15) is 5.10 Å². The Hall–Kier alpha value is -2.08. The molecule has 0 spiro atoms. The lowest BCUT2D eigenvalue weighted by molar-refractivity contribution is 0.0621. The van der Waals surface area contributed by atoms with Crippen molar-refractivity contribution in [3.05, 3.63) is 30.1 Å². The number of fused-ring (bicyclic) bond motifs is 3. The number of hydrogen-bond acceptors (Lipinski definition) is 4. The van der Waals surface area contributed by atoms with Gasteiger partial charge in [0.05, 0.1) is 17.3 Å². The number of carbonyl (C=O) groups is 1. The van der Waals surface area contributed by atoms with Crippen LogP contribution in [0.4, 0.5) is 5.69 Å². The quantitative estimate of drug-likeness (QED) is 0.909. The molecule has 5 heterocycles. The van der Waals surface area contributed by atoms with E-state index in [9.17, 15) is 4.79 Å². The normalized spacial score (nSPS) is 26.5. The minimum absolute atomic E-state index is 0.151. The number of pyridine rings is 1. The number of carbonyl (C=O) groups excluding carboxylic acids is 1. The van der Waals surface area contributed by atoms with Gasteiger partial charge in [-0.15, -0.1) is 0 Å². The number of hydrogen-bond donors (Lipinski definition) is 1. The molecule has 0 aliphatic carbocycles. The molecule has 2 bridgehead atoms. The largest absolute Gasteiger partial charge is 0.371 e. The molecule has 0 aromatic carbocycles. The van der Waals surface area contributed by atoms with Crippen LogP contribution in [0.1, 0.15) is 36.0 Å². The summed E-state index contributed by atoms with van der Waals surface area (Å²) in [6.45, 7) is 4.05. The lowest BCUT2D eigenvalue weighted by Gasteiger charge is -2.35. The molecule has 3 fully saturated rings. The summed E-state index contributed by atoms with van der Waals surface area (Å²) >= 11 is 0. The van der Waals surface area contributed by atoms with Crippen molar-refractivity contribution < 1.29 is 4.79 Å². The molecule has 3 aliphatic rings. The van der Waals surface area contributed by atoms with Gasteiger partial charge in [-0.3, -0.25) is 4.79 Å². The van der Waals surface area contributed by atoms with E-state index in [2.05, 4.69) is 32.3 Å². The number of aromatic nitrogens is 2. The predicted octanol–water partition coefficient (Wildman–Crippen LogP) is 1.51. The highest BCUT2D eigenvalue weighted by Gasteiger charge is 2.40. The summed E-state index contributed by atoms with van der Waals surface area (Å²) in [4.78, 5) is 17.7. The van der Waals surface area contributed by atoms with Crippen molar-refractivity contribution in [2.75, 3.05) is 31.1 Å². The Morgan fingerprint density at radius 1 is 1.17 bits per heavy atom. The number of nitrogens with one attached hydrogen (secondary N) is 1. The van der Waals surface area contributed by atoms with E-state index in [0.717, 1.165) is 50.1 Å². The Kier molecular flexibility index (Phi) is 3.26. The van der Waals surface area contributed by atoms with Gasteiger partial charge in [0.1, 0.15) is 0 Å². The standard InChI is InChI=1S/C18H23N5O/c24-18(23-14-3-4-15(23)11-19-10-14)16-12-20-22-8-5-13(9-17(16)22)21-6-1-2-7-21/h5,8-9,12,14-15,19H,1-4,6-7,10-11H2. The van der Waals surface area contributed by atoms with Crippen LogP contribution < -0.4 is 10.2 Å². The van der Waals surface area contributed by atoms with E-state index in [4.69, 9.17) is 0 Å². The van der Waals surface area contributed by atoms with Crippen molar-refractivity contribution in [1.82, 2.24) is 19.8 Å². The summed E-state index contributed by atoms with van der Waals surface area (Å²) in [7, 11) is 0. The molecule has 1 N–H and O–H groups in total. The monoisotopic (exact) mass is 325 g/mol. The van der Waals surface area contributed by atoms with E-state index in [1.807, 2.05) is 10.7 Å². The molecule has 5 rings (SSSR count). The fourth-order valence-corrected chi connectivity index (χ4v) is 4.56. The van der Waals surface area contributed by atoms with Gasteiger partial charge < -0.3 is 15.1 Å². The molecule has 24 heavy (non-hydrogen) atoms. The second kappa shape index (κ2) is 5.48. The maximum absolute atomic E-state index is 13.2. The average molecular weight is 325 g/mol. The van der Waals surface area contributed by atoms with Crippen LogP contribution in [0.3, 0.4) is 0 Å². The Balaban J connectivity index is 1.52. The first-order valence-electron chi connectivity index (χ1n) is 9.07. The molecule has 6 heteroatoms. The fraction of sp³-hybridized carbons (Fsp3) is 0.556. The summed E-state index contributed by atoms with van der Waals surface area (Å²) < 4.78 is 1.83. The van der Waals surface area contributed by atoms with Crippen LogP contribution >= 0.6 is 0 Å². The molecule has 0 saturated carbocycles. The molecule has 2 aromatic rings. The van der Waals surface area contributed by atoms with E-state index < -0.39 is 0 Å². The minimum atomic E-state index is 0.151. The molecule has 2 aromatic heterocycles. The third-order valence-corrected chi connectivity index (χ3v) is 5.82. The third kappa shape index (κ3) is 2.13. The van der Waals surface area contributed by atoms with Crippen LogP contribution in [0.15, 0.2) is 24.5 Å². The van der Waals surface area contributed by atoms with Crippen LogP contribution in [0.2, 0.25) is 0 Å².